The lowest BCUT2D eigenvalue weighted by atomic mass is 9.83. The Morgan fingerprint density at radius 2 is 0.898 bits per heavy atom. The van der Waals surface area contributed by atoms with Gasteiger partial charge in [0.1, 0.15) is 11.2 Å². The van der Waals surface area contributed by atoms with Crippen LogP contribution in [-0.4, -0.2) is 0 Å². The summed E-state index contributed by atoms with van der Waals surface area (Å²) in [6.45, 7) is 0. The van der Waals surface area contributed by atoms with Crippen LogP contribution in [-0.2, 0) is 0 Å². The van der Waals surface area contributed by atoms with Gasteiger partial charge in [-0.1, -0.05) is 176 Å². The first-order valence-corrected chi connectivity index (χ1v) is 15.8. The van der Waals surface area contributed by atoms with Crippen molar-refractivity contribution < 1.29 is 22.2 Å². The molecule has 1 aromatic heterocycles. The zero-order valence-corrected chi connectivity index (χ0v) is 25.7. The molecule has 0 fully saturated rings. The lowest BCUT2D eigenvalue weighted by molar-refractivity contribution is 0.670. The fourth-order valence-corrected chi connectivity index (χ4v) is 7.19. The summed E-state index contributed by atoms with van der Waals surface area (Å²) in [4.78, 5) is 0. The van der Waals surface area contributed by atoms with Crippen LogP contribution in [0.5, 0.6) is 0 Å². The molecule has 0 amide bonds. The first-order chi connectivity index (χ1) is 29.7. The maximum Gasteiger partial charge on any atom is 0.143 e. The van der Waals surface area contributed by atoms with Gasteiger partial charge in [-0.15, -0.1) is 0 Å². The first-order valence-electron chi connectivity index (χ1n) is 22.3. The number of furan rings is 1. The number of para-hydroxylation sites is 1. The van der Waals surface area contributed by atoms with Gasteiger partial charge in [-0.25, -0.2) is 0 Å². The highest BCUT2D eigenvalue weighted by atomic mass is 16.3. The zero-order chi connectivity index (χ0) is 43.6. The van der Waals surface area contributed by atoms with Crippen molar-refractivity contribution in [3.63, 3.8) is 0 Å². The molecular formula is C48H30O. The van der Waals surface area contributed by atoms with Crippen molar-refractivity contribution in [1.82, 2.24) is 0 Å². The van der Waals surface area contributed by atoms with Gasteiger partial charge in [0.15, 0.2) is 0 Å². The van der Waals surface area contributed by atoms with Crippen molar-refractivity contribution in [2.45, 2.75) is 0 Å². The van der Waals surface area contributed by atoms with E-state index < -0.39 is 84.1 Å². The van der Waals surface area contributed by atoms with Gasteiger partial charge >= 0.3 is 0 Å². The predicted octanol–water partition coefficient (Wildman–Crippen LogP) is 13.7. The van der Waals surface area contributed by atoms with Crippen molar-refractivity contribution in [2.75, 3.05) is 0 Å². The summed E-state index contributed by atoms with van der Waals surface area (Å²) in [7, 11) is 0. The molecule has 9 aromatic carbocycles. The Morgan fingerprint density at radius 1 is 0.347 bits per heavy atom. The molecule has 0 atom stereocenters. The molecule has 1 nitrogen and oxygen atoms in total. The molecule has 0 aliphatic rings. The average Bonchev–Trinajstić information content (AvgIpc) is 3.69. The lowest BCUT2D eigenvalue weighted by Gasteiger charge is -2.19. The van der Waals surface area contributed by atoms with Gasteiger partial charge in [0.05, 0.1) is 17.8 Å². The SMILES string of the molecule is [2H]c1c([2H])c([2H])c(-c2c3c([2H])c([2H])c([2H])c([2H])c3c(-c3ccc(-c4cccc5oc6c(-c7ccccc7)cccc6c45)c4ccccc34)c3c([2H])c([2H])c([2H])c([2H])c23)c([2H])c1[2H]. The monoisotopic (exact) mass is 635 g/mol. The van der Waals surface area contributed by atoms with E-state index in [0.717, 1.165) is 44.0 Å². The van der Waals surface area contributed by atoms with Crippen LogP contribution >= 0.6 is 0 Å². The molecule has 0 bridgehead atoms. The van der Waals surface area contributed by atoms with Gasteiger partial charge in [-0.3, -0.25) is 0 Å². The molecule has 0 unspecified atom stereocenters. The van der Waals surface area contributed by atoms with Gasteiger partial charge in [-0.05, 0) is 77.3 Å². The van der Waals surface area contributed by atoms with E-state index in [2.05, 4.69) is 0 Å². The number of hydrogen-bond acceptors (Lipinski definition) is 1. The third-order valence-electron chi connectivity index (χ3n) is 9.22. The van der Waals surface area contributed by atoms with Crippen LogP contribution in [0.25, 0.3) is 98.8 Å². The quantitative estimate of drug-likeness (QED) is 0.175. The highest BCUT2D eigenvalue weighted by molar-refractivity contribution is 6.25. The second-order valence-electron chi connectivity index (χ2n) is 11.8. The summed E-state index contributed by atoms with van der Waals surface area (Å²) in [6, 6.07) is 24.5. The Kier molecular flexibility index (Phi) is 3.99. The molecule has 0 spiro atoms. The molecule has 0 radical (unpaired) electrons. The molecule has 10 rings (SSSR count). The largest absolute Gasteiger partial charge is 0.455 e. The molecule has 0 aliphatic carbocycles. The third-order valence-corrected chi connectivity index (χ3v) is 9.22. The van der Waals surface area contributed by atoms with Crippen LogP contribution in [0, 0.1) is 0 Å². The van der Waals surface area contributed by atoms with Crippen LogP contribution < -0.4 is 0 Å². The summed E-state index contributed by atoms with van der Waals surface area (Å²) >= 11 is 0. The van der Waals surface area contributed by atoms with Gasteiger partial charge in [0.25, 0.3) is 0 Å². The van der Waals surface area contributed by atoms with E-state index in [0.29, 0.717) is 16.5 Å². The minimum atomic E-state index is -0.716. The van der Waals surface area contributed by atoms with Crippen LogP contribution in [0.1, 0.15) is 17.8 Å². The van der Waals surface area contributed by atoms with Crippen molar-refractivity contribution in [1.29, 1.82) is 0 Å². The topological polar surface area (TPSA) is 13.1 Å². The van der Waals surface area contributed by atoms with Gasteiger partial charge in [-0.2, -0.15) is 0 Å². The van der Waals surface area contributed by atoms with E-state index >= 15 is 0 Å². The Morgan fingerprint density at radius 3 is 1.61 bits per heavy atom. The number of rotatable bonds is 4. The molecule has 10 aromatic rings. The molecular weight excluding hydrogens is 593 g/mol. The van der Waals surface area contributed by atoms with Crippen molar-refractivity contribution in [3.05, 3.63) is 182 Å². The van der Waals surface area contributed by atoms with E-state index in [1.165, 1.54) is 0 Å². The minimum absolute atomic E-state index is 0.0762. The maximum atomic E-state index is 9.42. The molecule has 0 saturated carbocycles. The van der Waals surface area contributed by atoms with Crippen LogP contribution in [0.2, 0.25) is 0 Å². The van der Waals surface area contributed by atoms with E-state index in [-0.39, 0.29) is 32.7 Å². The van der Waals surface area contributed by atoms with Gasteiger partial charge in [0, 0.05) is 16.3 Å². The van der Waals surface area contributed by atoms with E-state index in [9.17, 15) is 5.48 Å². The molecule has 0 saturated heterocycles. The molecule has 0 aliphatic heterocycles. The second-order valence-corrected chi connectivity index (χ2v) is 11.8. The Balaban J connectivity index is 1.38. The van der Waals surface area contributed by atoms with Crippen LogP contribution in [0.4, 0.5) is 0 Å². The summed E-state index contributed by atoms with van der Waals surface area (Å²) in [5.41, 5.74) is 4.67. The highest BCUT2D eigenvalue weighted by Gasteiger charge is 2.21. The van der Waals surface area contributed by atoms with Gasteiger partial charge < -0.3 is 4.42 Å². The fraction of sp³-hybridized carbons (Fsp3) is 0. The molecule has 0 N–H and O–H groups in total. The van der Waals surface area contributed by atoms with Gasteiger partial charge in [0.2, 0.25) is 0 Å². The normalized spacial score (nSPS) is 15.4. The highest BCUT2D eigenvalue weighted by Crippen LogP contribution is 2.48. The fourth-order valence-electron chi connectivity index (χ4n) is 7.19. The zero-order valence-electron chi connectivity index (χ0n) is 38.7. The van der Waals surface area contributed by atoms with Crippen molar-refractivity contribution in [2.24, 2.45) is 0 Å². The Hall–Kier alpha value is -6.44. The predicted molar refractivity (Wildman–Crippen MR) is 208 cm³/mol. The minimum Gasteiger partial charge on any atom is -0.455 e. The number of benzene rings is 9. The first kappa shape index (κ1) is 17.6. The number of fused-ring (bicyclic) bond motifs is 6. The average molecular weight is 636 g/mol. The standard InChI is InChI=1S/C48H30O/c1-3-15-31(16-4-1)33-25-13-27-43-47-37(26-14-28-44(47)49-48(33)43)36-29-30-42(35-20-8-7-19-34(35)36)46-40-23-11-9-21-38(40)45(32-17-5-2-6-18-32)39-22-10-12-24-41(39)46/h1-30H/i2D,5D,6D,9D,10D,11D,12D,17D,18D,21D,22D,23D,24D. The molecule has 228 valence electrons. The van der Waals surface area contributed by atoms with E-state index in [1.807, 2.05) is 97.1 Å². The van der Waals surface area contributed by atoms with Crippen LogP contribution in [0.15, 0.2) is 186 Å². The second kappa shape index (κ2) is 11.1. The van der Waals surface area contributed by atoms with Crippen molar-refractivity contribution >= 4 is 54.3 Å². The molecule has 1 heteroatoms. The Labute approximate surface area is 302 Å². The van der Waals surface area contributed by atoms with Crippen LogP contribution in [0.3, 0.4) is 0 Å². The molecule has 49 heavy (non-hydrogen) atoms. The Bertz CT molecular complexity index is 3510. The van der Waals surface area contributed by atoms with Crippen molar-refractivity contribution in [3.8, 4) is 44.5 Å². The number of hydrogen-bond donors (Lipinski definition) is 0. The summed E-state index contributed by atoms with van der Waals surface area (Å²) in [5, 5.41) is 2.33. The summed E-state index contributed by atoms with van der Waals surface area (Å²) < 4.78 is 123. The van der Waals surface area contributed by atoms with E-state index in [4.69, 9.17) is 16.8 Å². The maximum absolute atomic E-state index is 9.42. The summed E-state index contributed by atoms with van der Waals surface area (Å²) in [5.74, 6) is 0. The molecule has 1 heterocycles. The third kappa shape index (κ3) is 4.26. The summed E-state index contributed by atoms with van der Waals surface area (Å²) in [6.07, 6.45) is 0. The lowest BCUT2D eigenvalue weighted by Crippen LogP contribution is -1.92. The smallest absolute Gasteiger partial charge is 0.143 e. The van der Waals surface area contributed by atoms with E-state index in [1.54, 1.807) is 6.07 Å².